The van der Waals surface area contributed by atoms with Gasteiger partial charge in [0.25, 0.3) is 0 Å². The molecular weight excluding hydrogens is 104 g/mol. The molecule has 0 aliphatic rings. The molecule has 0 bridgehead atoms. The lowest BCUT2D eigenvalue weighted by molar-refractivity contribution is -0.142. The molecule has 2 heteroatoms. The van der Waals surface area contributed by atoms with E-state index in [0.29, 0.717) is 0 Å². The van der Waals surface area contributed by atoms with Gasteiger partial charge >= 0.3 is 5.97 Å². The summed E-state index contributed by atoms with van der Waals surface area (Å²) < 4.78 is 4.32. The minimum atomic E-state index is -0.417. The van der Waals surface area contributed by atoms with Crippen LogP contribution in [0.5, 0.6) is 0 Å². The maximum Gasteiger partial charge on any atom is 0.320 e. The highest BCUT2D eigenvalue weighted by atomic mass is 16.5. The number of hydrogen-bond donors (Lipinski definition) is 0. The van der Waals surface area contributed by atoms with Crippen LogP contribution in [0.2, 0.25) is 0 Å². The van der Waals surface area contributed by atoms with Crippen LogP contribution in [0.4, 0.5) is 0 Å². The normalized spacial score (nSPS) is 11.6. The fraction of sp³-hybridized carbons (Fsp3) is 0.500. The highest BCUT2D eigenvalue weighted by Crippen LogP contribution is 1.92. The molecule has 0 aliphatic heterocycles. The van der Waals surface area contributed by atoms with Crippen LogP contribution in [-0.2, 0) is 9.53 Å². The second kappa shape index (κ2) is 3.09. The van der Waals surface area contributed by atoms with Crippen molar-refractivity contribution >= 4 is 5.97 Å². The number of carbonyl (C=O) groups is 1. The zero-order valence-corrected chi connectivity index (χ0v) is 4.97. The van der Waals surface area contributed by atoms with Gasteiger partial charge in [-0.05, 0) is 6.92 Å². The Bertz CT molecular complexity index is 121. The van der Waals surface area contributed by atoms with E-state index < -0.39 is 5.92 Å². The van der Waals surface area contributed by atoms with E-state index in [-0.39, 0.29) is 5.97 Å². The van der Waals surface area contributed by atoms with E-state index in [1.54, 1.807) is 6.92 Å². The van der Waals surface area contributed by atoms with Gasteiger partial charge in [0.15, 0.2) is 0 Å². The summed E-state index contributed by atoms with van der Waals surface area (Å²) >= 11 is 0. The van der Waals surface area contributed by atoms with E-state index in [1.165, 1.54) is 7.11 Å². The van der Waals surface area contributed by atoms with Crippen LogP contribution in [0.25, 0.3) is 0 Å². The number of methoxy groups -OCH3 is 1. The van der Waals surface area contributed by atoms with Crippen LogP contribution < -0.4 is 0 Å². The second-order valence-electron chi connectivity index (χ2n) is 1.41. The topological polar surface area (TPSA) is 26.3 Å². The van der Waals surface area contributed by atoms with Crippen LogP contribution in [-0.4, -0.2) is 13.1 Å². The number of carbonyl (C=O) groups excluding carboxylic acids is 1. The van der Waals surface area contributed by atoms with E-state index in [1.807, 2.05) is 0 Å². The van der Waals surface area contributed by atoms with Crippen LogP contribution in [0.3, 0.4) is 0 Å². The van der Waals surface area contributed by atoms with Crippen molar-refractivity contribution in [3.63, 3.8) is 0 Å². The minimum Gasteiger partial charge on any atom is -0.468 e. The summed E-state index contributed by atoms with van der Waals surface area (Å²) in [5, 5.41) is 0. The maximum absolute atomic E-state index is 10.4. The molecule has 0 rings (SSSR count). The summed E-state index contributed by atoms with van der Waals surface area (Å²) in [6.07, 6.45) is 4.90. The number of hydrogen-bond acceptors (Lipinski definition) is 2. The van der Waals surface area contributed by atoms with E-state index in [0.717, 1.165) is 0 Å². The summed E-state index contributed by atoms with van der Waals surface area (Å²) in [6, 6.07) is 0. The molecule has 0 radical (unpaired) electrons. The SMILES string of the molecule is C#C[C@H](C)C(=O)OC. The number of esters is 1. The molecule has 2 nitrogen and oxygen atoms in total. The fourth-order valence-corrected chi connectivity index (χ4v) is 0.245. The predicted octanol–water partition coefficient (Wildman–Crippen LogP) is 0.429. The third-order valence-corrected chi connectivity index (χ3v) is 0.805. The molecule has 0 saturated carbocycles. The first-order valence-corrected chi connectivity index (χ1v) is 2.26. The van der Waals surface area contributed by atoms with Gasteiger partial charge in [0.05, 0.1) is 7.11 Å². The number of terminal acetylenes is 1. The molecule has 1 atom stereocenters. The highest BCUT2D eigenvalue weighted by molar-refractivity contribution is 5.74. The summed E-state index contributed by atoms with van der Waals surface area (Å²) in [4.78, 5) is 10.4. The lowest BCUT2D eigenvalue weighted by Gasteiger charge is -1.97. The standard InChI is InChI=1S/C6H8O2/c1-4-5(2)6(7)8-3/h1,5H,2-3H3/t5-/m0/s1. The Morgan fingerprint density at radius 2 is 2.38 bits per heavy atom. The molecule has 0 fully saturated rings. The number of rotatable bonds is 1. The Morgan fingerprint density at radius 3 is 2.50 bits per heavy atom. The third kappa shape index (κ3) is 1.65. The van der Waals surface area contributed by atoms with Crippen LogP contribution in [0.15, 0.2) is 0 Å². The fourth-order valence-electron chi connectivity index (χ4n) is 0.245. The molecule has 0 aromatic heterocycles. The highest BCUT2D eigenvalue weighted by Gasteiger charge is 2.06. The smallest absolute Gasteiger partial charge is 0.320 e. The summed E-state index contributed by atoms with van der Waals surface area (Å²) in [6.45, 7) is 1.62. The van der Waals surface area contributed by atoms with Crippen molar-refractivity contribution in [1.82, 2.24) is 0 Å². The van der Waals surface area contributed by atoms with E-state index in [9.17, 15) is 4.79 Å². The number of ether oxygens (including phenoxy) is 1. The van der Waals surface area contributed by atoms with Gasteiger partial charge < -0.3 is 4.74 Å². The van der Waals surface area contributed by atoms with E-state index >= 15 is 0 Å². The van der Waals surface area contributed by atoms with Gasteiger partial charge in [-0.1, -0.05) is 5.92 Å². The van der Waals surface area contributed by atoms with Gasteiger partial charge in [-0.2, -0.15) is 0 Å². The molecule has 44 valence electrons. The molecule has 8 heavy (non-hydrogen) atoms. The molecule has 0 aromatic carbocycles. The second-order valence-corrected chi connectivity index (χ2v) is 1.41. The minimum absolute atomic E-state index is 0.354. The van der Waals surface area contributed by atoms with Crippen LogP contribution in [0, 0.1) is 18.3 Å². The molecule has 0 spiro atoms. The maximum atomic E-state index is 10.4. The van der Waals surface area contributed by atoms with Crippen molar-refractivity contribution in [2.45, 2.75) is 6.92 Å². The monoisotopic (exact) mass is 112 g/mol. The van der Waals surface area contributed by atoms with Crippen molar-refractivity contribution in [3.8, 4) is 12.3 Å². The van der Waals surface area contributed by atoms with Crippen LogP contribution >= 0.6 is 0 Å². The first kappa shape index (κ1) is 7.03. The summed E-state index contributed by atoms with van der Waals surface area (Å²) in [5.74, 6) is 1.47. The molecule has 0 amide bonds. The average molecular weight is 112 g/mol. The molecule has 0 heterocycles. The average Bonchev–Trinajstić information content (AvgIpc) is 1.84. The molecule has 0 aliphatic carbocycles. The summed E-state index contributed by atoms with van der Waals surface area (Å²) in [5.41, 5.74) is 0. The quantitative estimate of drug-likeness (QED) is 0.363. The van der Waals surface area contributed by atoms with Crippen molar-refractivity contribution < 1.29 is 9.53 Å². The zero-order valence-electron chi connectivity index (χ0n) is 4.97. The molecular formula is C6H8O2. The summed E-state index contributed by atoms with van der Waals surface area (Å²) in [7, 11) is 1.32. The van der Waals surface area contributed by atoms with Gasteiger partial charge in [-0.3, -0.25) is 4.79 Å². The van der Waals surface area contributed by atoms with E-state index in [4.69, 9.17) is 6.42 Å². The first-order valence-electron chi connectivity index (χ1n) is 2.26. The lowest BCUT2D eigenvalue weighted by Crippen LogP contribution is -2.09. The largest absolute Gasteiger partial charge is 0.468 e. The lowest BCUT2D eigenvalue weighted by atomic mass is 10.2. The zero-order chi connectivity index (χ0) is 6.57. The Labute approximate surface area is 48.8 Å². The Hall–Kier alpha value is -0.970. The van der Waals surface area contributed by atoms with Gasteiger partial charge in [-0.15, -0.1) is 6.42 Å². The van der Waals surface area contributed by atoms with E-state index in [2.05, 4.69) is 10.7 Å². The van der Waals surface area contributed by atoms with Gasteiger partial charge in [0.1, 0.15) is 5.92 Å². The third-order valence-electron chi connectivity index (χ3n) is 0.805. The van der Waals surface area contributed by atoms with Gasteiger partial charge in [-0.25, -0.2) is 0 Å². The Kier molecular flexibility index (Phi) is 2.71. The van der Waals surface area contributed by atoms with Crippen molar-refractivity contribution in [1.29, 1.82) is 0 Å². The molecule has 0 N–H and O–H groups in total. The van der Waals surface area contributed by atoms with Crippen LogP contribution in [0.1, 0.15) is 6.92 Å². The molecule has 0 aromatic rings. The Balaban J connectivity index is 3.68. The first-order chi connectivity index (χ1) is 3.72. The van der Waals surface area contributed by atoms with Crippen molar-refractivity contribution in [2.24, 2.45) is 5.92 Å². The van der Waals surface area contributed by atoms with Gasteiger partial charge in [0, 0.05) is 0 Å². The Morgan fingerprint density at radius 1 is 1.88 bits per heavy atom. The molecule has 0 unspecified atom stereocenters. The predicted molar refractivity (Wildman–Crippen MR) is 30.0 cm³/mol. The molecule has 0 saturated heterocycles. The van der Waals surface area contributed by atoms with Gasteiger partial charge in [0.2, 0.25) is 0 Å². The van der Waals surface area contributed by atoms with Crippen molar-refractivity contribution in [3.05, 3.63) is 0 Å². The van der Waals surface area contributed by atoms with Crippen molar-refractivity contribution in [2.75, 3.05) is 7.11 Å².